The summed E-state index contributed by atoms with van der Waals surface area (Å²) in [5.74, 6) is -2.91. The monoisotopic (exact) mass is 388 g/mol. The van der Waals surface area contributed by atoms with E-state index >= 15 is 0 Å². The Kier molecular flexibility index (Phi) is 3.99. The van der Waals surface area contributed by atoms with E-state index in [0.717, 1.165) is 0 Å². The summed E-state index contributed by atoms with van der Waals surface area (Å²) in [7, 11) is 1.70. The zero-order valence-electron chi connectivity index (χ0n) is 12.6. The molecule has 124 valence electrons. The van der Waals surface area contributed by atoms with Crippen LogP contribution in [0.5, 0.6) is 5.88 Å². The highest BCUT2D eigenvalue weighted by Crippen LogP contribution is 2.40. The second-order valence-corrected chi connectivity index (χ2v) is 6.30. The zero-order valence-corrected chi connectivity index (χ0v) is 14.2. The van der Waals surface area contributed by atoms with Gasteiger partial charge in [0.1, 0.15) is 16.3 Å². The zero-order chi connectivity index (χ0) is 16.8. The summed E-state index contributed by atoms with van der Waals surface area (Å²) < 4.78 is 34.9. The Labute approximate surface area is 139 Å². The van der Waals surface area contributed by atoms with Gasteiger partial charge in [-0.15, -0.1) is 5.10 Å². The molecular weight excluding hydrogens is 374 g/mol. The van der Waals surface area contributed by atoms with E-state index in [1.165, 1.54) is 4.68 Å². The molecule has 0 atom stereocenters. The van der Waals surface area contributed by atoms with Crippen molar-refractivity contribution in [3.63, 3.8) is 0 Å². The van der Waals surface area contributed by atoms with Gasteiger partial charge in [0, 0.05) is 38.8 Å². The second-order valence-electron chi connectivity index (χ2n) is 5.54. The molecule has 0 amide bonds. The van der Waals surface area contributed by atoms with Gasteiger partial charge in [-0.1, -0.05) is 0 Å². The van der Waals surface area contributed by atoms with Crippen molar-refractivity contribution in [2.75, 3.05) is 0 Å². The van der Waals surface area contributed by atoms with Crippen molar-refractivity contribution in [1.29, 1.82) is 0 Å². The largest absolute Gasteiger partial charge is 0.472 e. The van der Waals surface area contributed by atoms with Crippen molar-refractivity contribution in [3.05, 3.63) is 28.1 Å². The second kappa shape index (κ2) is 5.70. The number of aromatic nitrogens is 4. The minimum absolute atomic E-state index is 0.0908. The molecule has 0 saturated heterocycles. The van der Waals surface area contributed by atoms with Crippen LogP contribution >= 0.6 is 15.9 Å². The molecule has 0 N–H and O–H groups in total. The number of carbonyl (C=O) groups excluding carboxylic acids is 1. The first-order chi connectivity index (χ1) is 10.8. The van der Waals surface area contributed by atoms with Crippen LogP contribution in [0.4, 0.5) is 8.78 Å². The Hall–Kier alpha value is -1.77. The maximum absolute atomic E-state index is 13.0. The Balaban J connectivity index is 1.87. The Bertz CT molecular complexity index is 748. The molecule has 0 bridgehead atoms. The number of ether oxygens (including phenoxy) is 1. The Morgan fingerprint density at radius 2 is 2.09 bits per heavy atom. The molecule has 0 radical (unpaired) electrons. The van der Waals surface area contributed by atoms with Gasteiger partial charge in [-0.2, -0.15) is 5.10 Å². The first-order valence-corrected chi connectivity index (χ1v) is 7.94. The lowest BCUT2D eigenvalue weighted by Gasteiger charge is -2.34. The van der Waals surface area contributed by atoms with Crippen LogP contribution < -0.4 is 4.74 Å². The highest BCUT2D eigenvalue weighted by molar-refractivity contribution is 9.10. The van der Waals surface area contributed by atoms with Gasteiger partial charge in [0.05, 0.1) is 5.56 Å². The number of hydrogen-bond donors (Lipinski definition) is 0. The highest BCUT2D eigenvalue weighted by atomic mass is 79.9. The van der Waals surface area contributed by atoms with Gasteiger partial charge in [-0.25, -0.2) is 8.78 Å². The smallest absolute Gasteiger partial charge is 0.255 e. The van der Waals surface area contributed by atoms with Crippen LogP contribution in [-0.4, -0.2) is 37.4 Å². The number of aryl methyl sites for hydroxylation is 2. The molecule has 1 aliphatic rings. The fourth-order valence-corrected chi connectivity index (χ4v) is 2.95. The lowest BCUT2D eigenvalue weighted by molar-refractivity contribution is -0.135. The number of alkyl halides is 2. The van der Waals surface area contributed by atoms with Crippen LogP contribution in [0.1, 0.15) is 35.7 Å². The van der Waals surface area contributed by atoms with Crippen LogP contribution in [0, 0.1) is 0 Å². The van der Waals surface area contributed by atoms with E-state index in [1.54, 1.807) is 24.1 Å². The molecule has 23 heavy (non-hydrogen) atoms. The number of ketones is 1. The summed E-state index contributed by atoms with van der Waals surface area (Å²) >= 11 is 3.23. The van der Waals surface area contributed by atoms with Crippen molar-refractivity contribution in [3.8, 4) is 5.88 Å². The van der Waals surface area contributed by atoms with Gasteiger partial charge in [0.2, 0.25) is 11.7 Å². The third kappa shape index (κ3) is 3.15. The Morgan fingerprint density at radius 3 is 2.61 bits per heavy atom. The van der Waals surface area contributed by atoms with E-state index in [-0.39, 0.29) is 30.1 Å². The number of rotatable bonds is 5. The normalized spacial score (nSPS) is 17.1. The fourth-order valence-electron chi connectivity index (χ4n) is 2.41. The summed E-state index contributed by atoms with van der Waals surface area (Å²) in [6.07, 6.45) is 1.83. The van der Waals surface area contributed by atoms with Crippen molar-refractivity contribution in [2.45, 2.75) is 38.3 Å². The summed E-state index contributed by atoms with van der Waals surface area (Å²) in [4.78, 5) is 12.7. The van der Waals surface area contributed by atoms with Crippen LogP contribution in [-0.2, 0) is 13.6 Å². The molecule has 2 aromatic heterocycles. The van der Waals surface area contributed by atoms with Crippen LogP contribution in [0.2, 0.25) is 0 Å². The third-order valence-corrected chi connectivity index (χ3v) is 4.24. The van der Waals surface area contributed by atoms with E-state index in [1.807, 2.05) is 6.92 Å². The predicted molar refractivity (Wildman–Crippen MR) is 80.8 cm³/mol. The summed E-state index contributed by atoms with van der Waals surface area (Å²) in [6, 6.07) is 0. The van der Waals surface area contributed by atoms with E-state index in [2.05, 4.69) is 26.1 Å². The van der Waals surface area contributed by atoms with Gasteiger partial charge in [0.15, 0.2) is 0 Å². The number of hydrogen-bond acceptors (Lipinski definition) is 4. The molecule has 9 heteroatoms. The fraction of sp³-hybridized carbons (Fsp3) is 0.500. The molecule has 2 heterocycles. The molecule has 1 fully saturated rings. The molecule has 3 rings (SSSR count). The quantitative estimate of drug-likeness (QED) is 0.738. The van der Waals surface area contributed by atoms with Gasteiger partial charge >= 0.3 is 0 Å². The summed E-state index contributed by atoms with van der Waals surface area (Å²) in [5.41, 5.74) is 0.614. The minimum atomic E-state index is -2.69. The maximum atomic E-state index is 13.0. The molecule has 6 nitrogen and oxygen atoms in total. The van der Waals surface area contributed by atoms with E-state index < -0.39 is 12.0 Å². The Morgan fingerprint density at radius 1 is 1.39 bits per heavy atom. The van der Waals surface area contributed by atoms with Gasteiger partial charge in [-0.05, 0) is 22.9 Å². The first-order valence-electron chi connectivity index (χ1n) is 7.15. The SMILES string of the molecule is CCn1cc(C(=O)c2cn(C)nc2Br)c(OC2CC(F)(F)C2)n1. The standard InChI is InChI=1S/C14H15BrF2N4O2/c1-3-21-7-10(11(22)9-6-20(2)18-12(9)15)13(19-21)23-8-4-14(16,17)5-8/h6-8H,3-5H2,1-2H3. The van der Waals surface area contributed by atoms with Crippen LogP contribution in [0.15, 0.2) is 17.0 Å². The van der Waals surface area contributed by atoms with Crippen LogP contribution in [0.25, 0.3) is 0 Å². The molecule has 2 aromatic rings. The highest BCUT2D eigenvalue weighted by Gasteiger charge is 2.47. The van der Waals surface area contributed by atoms with E-state index in [0.29, 0.717) is 16.7 Å². The topological polar surface area (TPSA) is 61.9 Å². The van der Waals surface area contributed by atoms with Crippen molar-refractivity contribution in [1.82, 2.24) is 19.6 Å². The molecule has 0 aliphatic heterocycles. The molecule has 0 aromatic carbocycles. The van der Waals surface area contributed by atoms with Gasteiger partial charge in [-0.3, -0.25) is 14.2 Å². The van der Waals surface area contributed by atoms with Crippen molar-refractivity contribution in [2.24, 2.45) is 7.05 Å². The molecule has 0 unspecified atom stereocenters. The molecular formula is C14H15BrF2N4O2. The molecule has 1 saturated carbocycles. The number of carbonyl (C=O) groups is 1. The first kappa shape index (κ1) is 16.1. The predicted octanol–water partition coefficient (Wildman–Crippen LogP) is 2.81. The summed E-state index contributed by atoms with van der Waals surface area (Å²) in [5, 5.41) is 8.23. The van der Waals surface area contributed by atoms with Crippen molar-refractivity contribution >= 4 is 21.7 Å². The third-order valence-electron chi connectivity index (χ3n) is 3.66. The van der Waals surface area contributed by atoms with Gasteiger partial charge in [0.25, 0.3) is 5.92 Å². The summed E-state index contributed by atoms with van der Waals surface area (Å²) in [6.45, 7) is 2.40. The average molecular weight is 389 g/mol. The molecule has 0 spiro atoms. The average Bonchev–Trinajstić information content (AvgIpc) is 2.99. The van der Waals surface area contributed by atoms with E-state index in [9.17, 15) is 13.6 Å². The lowest BCUT2D eigenvalue weighted by atomic mass is 9.91. The number of halogens is 3. The van der Waals surface area contributed by atoms with Crippen molar-refractivity contribution < 1.29 is 18.3 Å². The van der Waals surface area contributed by atoms with Crippen LogP contribution in [0.3, 0.4) is 0 Å². The van der Waals surface area contributed by atoms with Gasteiger partial charge < -0.3 is 4.74 Å². The lowest BCUT2D eigenvalue weighted by Crippen LogP contribution is -2.43. The molecule has 1 aliphatic carbocycles. The minimum Gasteiger partial charge on any atom is -0.472 e. The van der Waals surface area contributed by atoms with E-state index in [4.69, 9.17) is 4.74 Å². The maximum Gasteiger partial charge on any atom is 0.255 e. The number of nitrogens with zero attached hydrogens (tertiary/aromatic N) is 4.